The van der Waals surface area contributed by atoms with Crippen molar-refractivity contribution in [1.29, 1.82) is 0 Å². The van der Waals surface area contributed by atoms with Gasteiger partial charge in [0.05, 0.1) is 6.61 Å². The van der Waals surface area contributed by atoms with E-state index in [1.165, 1.54) is 0 Å². The van der Waals surface area contributed by atoms with Crippen LogP contribution in [0.3, 0.4) is 0 Å². The summed E-state index contributed by atoms with van der Waals surface area (Å²) in [5.41, 5.74) is 0.570. The van der Waals surface area contributed by atoms with Gasteiger partial charge in [-0.05, 0) is 25.0 Å². The zero-order valence-corrected chi connectivity index (χ0v) is 13.8. The third-order valence-corrected chi connectivity index (χ3v) is 4.70. The molecule has 1 aliphatic carbocycles. The zero-order valence-electron chi connectivity index (χ0n) is 13.8. The number of aliphatic hydroxyl groups excluding tert-OH is 1. The van der Waals surface area contributed by atoms with Crippen molar-refractivity contribution in [2.45, 2.75) is 58.4 Å². The zero-order chi connectivity index (χ0) is 16.0. The maximum absolute atomic E-state index is 9.68. The summed E-state index contributed by atoms with van der Waals surface area (Å²) in [6.45, 7) is 8.64. The second-order valence-electron chi connectivity index (χ2n) is 7.66. The molecular weight excluding hydrogens is 278 g/mol. The maximum Gasteiger partial charge on any atom is 0.178 e. The highest BCUT2D eigenvalue weighted by Crippen LogP contribution is 2.39. The van der Waals surface area contributed by atoms with E-state index in [0.29, 0.717) is 0 Å². The van der Waals surface area contributed by atoms with Crippen molar-refractivity contribution in [1.82, 2.24) is 19.8 Å². The topological polar surface area (TPSA) is 75.3 Å². The Balaban J connectivity index is 1.92. The number of rotatable bonds is 3. The summed E-state index contributed by atoms with van der Waals surface area (Å²) in [7, 11) is 0. The van der Waals surface area contributed by atoms with Crippen LogP contribution in [-0.4, -0.2) is 37.6 Å². The Morgan fingerprint density at radius 3 is 2.82 bits per heavy atom. The predicted molar refractivity (Wildman–Crippen MR) is 85.9 cm³/mol. The number of anilines is 1. The van der Waals surface area contributed by atoms with E-state index in [-0.39, 0.29) is 23.5 Å². The lowest BCUT2D eigenvalue weighted by Crippen LogP contribution is -2.36. The molecule has 0 spiro atoms. The van der Waals surface area contributed by atoms with Gasteiger partial charge in [0.15, 0.2) is 11.5 Å². The molecule has 0 bridgehead atoms. The van der Waals surface area contributed by atoms with Gasteiger partial charge in [-0.25, -0.2) is 0 Å². The molecule has 2 heterocycles. The molecule has 2 atom stereocenters. The highest BCUT2D eigenvalue weighted by atomic mass is 16.3. The monoisotopic (exact) mass is 303 g/mol. The molecule has 6 nitrogen and oxygen atoms in total. The number of nitrogens with zero attached hydrogens (tertiary/aromatic N) is 4. The number of fused-ring (bicyclic) bond motifs is 1. The number of hydrogen-bond acceptors (Lipinski definition) is 5. The summed E-state index contributed by atoms with van der Waals surface area (Å²) in [4.78, 5) is 0. The van der Waals surface area contributed by atoms with E-state index in [0.717, 1.165) is 36.6 Å². The molecule has 0 saturated heterocycles. The molecule has 120 valence electrons. The molecule has 1 aliphatic rings. The van der Waals surface area contributed by atoms with Crippen molar-refractivity contribution < 1.29 is 5.11 Å². The minimum Gasteiger partial charge on any atom is -0.396 e. The Labute approximate surface area is 130 Å². The van der Waals surface area contributed by atoms with Crippen molar-refractivity contribution in [2.24, 2.45) is 5.41 Å². The minimum atomic E-state index is -0.113. The van der Waals surface area contributed by atoms with E-state index in [1.807, 2.05) is 16.6 Å². The third kappa shape index (κ3) is 2.56. The molecule has 2 aromatic heterocycles. The van der Waals surface area contributed by atoms with Crippen LogP contribution < -0.4 is 5.32 Å². The average molecular weight is 303 g/mol. The molecular formula is C16H25N5O. The van der Waals surface area contributed by atoms with Gasteiger partial charge in [0, 0.05) is 16.9 Å². The van der Waals surface area contributed by atoms with E-state index in [9.17, 15) is 5.11 Å². The highest BCUT2D eigenvalue weighted by Gasteiger charge is 2.38. The van der Waals surface area contributed by atoms with Crippen LogP contribution >= 0.6 is 0 Å². The standard InChI is InChI=1S/C16H25N5O/c1-15(2,3)14-19-18-13-8-7-12(20-21(13)14)17-11-6-5-9-16(11,4)10-22/h7-8,11,22H,5-6,9-10H2,1-4H3,(H,17,20). The summed E-state index contributed by atoms with van der Waals surface area (Å²) >= 11 is 0. The first-order valence-electron chi connectivity index (χ1n) is 7.94. The first-order chi connectivity index (χ1) is 10.3. The molecule has 0 amide bonds. The highest BCUT2D eigenvalue weighted by molar-refractivity contribution is 5.45. The van der Waals surface area contributed by atoms with E-state index >= 15 is 0 Å². The molecule has 2 unspecified atom stereocenters. The smallest absolute Gasteiger partial charge is 0.178 e. The fourth-order valence-corrected chi connectivity index (χ4v) is 3.18. The molecule has 0 aliphatic heterocycles. The van der Waals surface area contributed by atoms with Gasteiger partial charge in [0.2, 0.25) is 0 Å². The normalized spacial score (nSPS) is 25.8. The first kappa shape index (κ1) is 15.2. The molecule has 0 radical (unpaired) electrons. The molecule has 2 N–H and O–H groups in total. The van der Waals surface area contributed by atoms with Crippen LogP contribution in [0.2, 0.25) is 0 Å². The van der Waals surface area contributed by atoms with Crippen LogP contribution in [0.5, 0.6) is 0 Å². The summed E-state index contributed by atoms with van der Waals surface area (Å²) in [6.07, 6.45) is 3.24. The van der Waals surface area contributed by atoms with Crippen LogP contribution in [0.1, 0.15) is 52.8 Å². The summed E-state index contributed by atoms with van der Waals surface area (Å²) < 4.78 is 1.81. The van der Waals surface area contributed by atoms with E-state index in [1.54, 1.807) is 0 Å². The van der Waals surface area contributed by atoms with Crippen LogP contribution in [0.15, 0.2) is 12.1 Å². The summed E-state index contributed by atoms with van der Waals surface area (Å²) in [5, 5.41) is 26.3. The molecule has 6 heteroatoms. The second kappa shape index (κ2) is 5.19. The molecule has 0 aromatic carbocycles. The average Bonchev–Trinajstić information content (AvgIpc) is 3.03. The van der Waals surface area contributed by atoms with E-state index < -0.39 is 0 Å². The van der Waals surface area contributed by atoms with Crippen molar-refractivity contribution >= 4 is 11.5 Å². The fourth-order valence-electron chi connectivity index (χ4n) is 3.18. The quantitative estimate of drug-likeness (QED) is 0.910. The van der Waals surface area contributed by atoms with Crippen molar-refractivity contribution in [3.05, 3.63) is 18.0 Å². The predicted octanol–water partition coefficient (Wildman–Crippen LogP) is 2.38. The van der Waals surface area contributed by atoms with Gasteiger partial charge in [0.25, 0.3) is 0 Å². The SMILES string of the molecule is CC(C)(C)c1nnc2ccc(NC3CCCC3(C)CO)nn12. The Bertz CT molecular complexity index is 675. The molecule has 1 saturated carbocycles. The van der Waals surface area contributed by atoms with Crippen molar-refractivity contribution in [3.63, 3.8) is 0 Å². The lowest BCUT2D eigenvalue weighted by atomic mass is 9.86. The van der Waals surface area contributed by atoms with Gasteiger partial charge in [-0.1, -0.05) is 34.1 Å². The molecule has 22 heavy (non-hydrogen) atoms. The summed E-state index contributed by atoms with van der Waals surface area (Å²) in [6, 6.07) is 4.12. The van der Waals surface area contributed by atoms with Gasteiger partial charge < -0.3 is 10.4 Å². The second-order valence-corrected chi connectivity index (χ2v) is 7.66. The van der Waals surface area contributed by atoms with Crippen molar-refractivity contribution in [3.8, 4) is 0 Å². The minimum absolute atomic E-state index is 0.0727. The van der Waals surface area contributed by atoms with Crippen LogP contribution in [0.25, 0.3) is 5.65 Å². The van der Waals surface area contributed by atoms with E-state index in [4.69, 9.17) is 0 Å². The van der Waals surface area contributed by atoms with Gasteiger partial charge in [-0.2, -0.15) is 4.52 Å². The van der Waals surface area contributed by atoms with Crippen molar-refractivity contribution in [2.75, 3.05) is 11.9 Å². The van der Waals surface area contributed by atoms with E-state index in [2.05, 4.69) is 48.3 Å². The maximum atomic E-state index is 9.68. The first-order valence-corrected chi connectivity index (χ1v) is 7.94. The molecule has 1 fully saturated rings. The Morgan fingerprint density at radius 1 is 1.36 bits per heavy atom. The largest absolute Gasteiger partial charge is 0.396 e. The van der Waals surface area contributed by atoms with Gasteiger partial charge in [-0.3, -0.25) is 0 Å². The Kier molecular flexibility index (Phi) is 3.59. The summed E-state index contributed by atoms with van der Waals surface area (Å²) in [5.74, 6) is 1.66. The van der Waals surface area contributed by atoms with Gasteiger partial charge in [0.1, 0.15) is 5.82 Å². The van der Waals surface area contributed by atoms with Crippen LogP contribution in [0, 0.1) is 5.41 Å². The molecule has 2 aromatic rings. The van der Waals surface area contributed by atoms with Gasteiger partial charge >= 0.3 is 0 Å². The number of nitrogens with one attached hydrogen (secondary N) is 1. The van der Waals surface area contributed by atoms with Crippen LogP contribution in [-0.2, 0) is 5.41 Å². The fraction of sp³-hybridized carbons (Fsp3) is 0.688. The Morgan fingerprint density at radius 2 is 2.14 bits per heavy atom. The third-order valence-electron chi connectivity index (χ3n) is 4.70. The number of aliphatic hydroxyl groups is 1. The van der Waals surface area contributed by atoms with Crippen LogP contribution in [0.4, 0.5) is 5.82 Å². The number of hydrogen-bond donors (Lipinski definition) is 2. The molecule has 3 rings (SSSR count). The lowest BCUT2D eigenvalue weighted by molar-refractivity contribution is 0.139. The lowest BCUT2D eigenvalue weighted by Gasteiger charge is -2.30. The number of aromatic nitrogens is 4. The Hall–Kier alpha value is -1.69. The van der Waals surface area contributed by atoms with Gasteiger partial charge in [-0.15, -0.1) is 15.3 Å².